The Morgan fingerprint density at radius 1 is 1.13 bits per heavy atom. The molecule has 23 heavy (non-hydrogen) atoms. The molecule has 1 atom stereocenters. The summed E-state index contributed by atoms with van der Waals surface area (Å²) in [6, 6.07) is 7.27. The topological polar surface area (TPSA) is 75.3 Å². The molecular weight excluding hydrogens is 312 g/mol. The van der Waals surface area contributed by atoms with Gasteiger partial charge in [-0.25, -0.2) is 13.1 Å². The Labute approximate surface area is 139 Å². The zero-order valence-corrected chi connectivity index (χ0v) is 15.1. The molecule has 130 valence electrons. The maximum atomic E-state index is 12.1. The van der Waals surface area contributed by atoms with Crippen LogP contribution in [0.4, 0.5) is 0 Å². The van der Waals surface area contributed by atoms with Crippen molar-refractivity contribution in [3.05, 3.63) is 35.4 Å². The second-order valence-corrected chi connectivity index (χ2v) is 7.67. The standard InChI is InChI=1S/C17H28N2O3S/c1-4-6-7-16(5-2)17(20)19-12-14-8-10-15(11-9-14)13-23(21,22)18-3/h8-11,16,18H,4-7,12-13H2,1-3H3,(H,19,20). The molecule has 0 saturated carbocycles. The molecule has 0 aliphatic rings. The van der Waals surface area contributed by atoms with E-state index in [2.05, 4.69) is 17.0 Å². The van der Waals surface area contributed by atoms with E-state index in [1.54, 1.807) is 12.1 Å². The normalized spacial score (nSPS) is 12.8. The van der Waals surface area contributed by atoms with Crippen molar-refractivity contribution in [2.45, 2.75) is 51.8 Å². The van der Waals surface area contributed by atoms with Gasteiger partial charge in [-0.1, -0.05) is 51.0 Å². The average molecular weight is 340 g/mol. The molecule has 1 aromatic rings. The summed E-state index contributed by atoms with van der Waals surface area (Å²) in [4.78, 5) is 12.1. The number of benzene rings is 1. The van der Waals surface area contributed by atoms with Crippen molar-refractivity contribution in [1.82, 2.24) is 10.0 Å². The summed E-state index contributed by atoms with van der Waals surface area (Å²) in [6.07, 6.45) is 3.95. The van der Waals surface area contributed by atoms with Crippen LogP contribution in [0.1, 0.15) is 50.7 Å². The van der Waals surface area contributed by atoms with Crippen LogP contribution in [0.3, 0.4) is 0 Å². The fraction of sp³-hybridized carbons (Fsp3) is 0.588. The highest BCUT2D eigenvalue weighted by atomic mass is 32.2. The molecule has 0 heterocycles. The molecule has 1 amide bonds. The molecule has 1 rings (SSSR count). The maximum Gasteiger partial charge on any atom is 0.223 e. The molecule has 5 nitrogen and oxygen atoms in total. The van der Waals surface area contributed by atoms with Crippen LogP contribution in [0, 0.1) is 5.92 Å². The van der Waals surface area contributed by atoms with Crippen molar-refractivity contribution >= 4 is 15.9 Å². The summed E-state index contributed by atoms with van der Waals surface area (Å²) in [5, 5.41) is 2.97. The number of amides is 1. The molecule has 0 bridgehead atoms. The van der Waals surface area contributed by atoms with Gasteiger partial charge < -0.3 is 5.32 Å². The van der Waals surface area contributed by atoms with Crippen LogP contribution in [0.25, 0.3) is 0 Å². The lowest BCUT2D eigenvalue weighted by atomic mass is 9.98. The van der Waals surface area contributed by atoms with E-state index in [0.29, 0.717) is 6.54 Å². The Kier molecular flexibility index (Phi) is 8.26. The highest BCUT2D eigenvalue weighted by molar-refractivity contribution is 7.88. The highest BCUT2D eigenvalue weighted by Crippen LogP contribution is 2.13. The van der Waals surface area contributed by atoms with E-state index < -0.39 is 10.0 Å². The SMILES string of the molecule is CCCCC(CC)C(=O)NCc1ccc(CS(=O)(=O)NC)cc1. The molecule has 0 aliphatic carbocycles. The first-order valence-electron chi connectivity index (χ1n) is 8.18. The third kappa shape index (κ3) is 7.14. The van der Waals surface area contributed by atoms with Crippen LogP contribution in [-0.2, 0) is 27.1 Å². The number of hydrogen-bond acceptors (Lipinski definition) is 3. The minimum atomic E-state index is -3.25. The lowest BCUT2D eigenvalue weighted by Gasteiger charge is -2.14. The van der Waals surface area contributed by atoms with Gasteiger partial charge in [-0.15, -0.1) is 0 Å². The van der Waals surface area contributed by atoms with E-state index in [0.717, 1.165) is 36.8 Å². The first kappa shape index (κ1) is 19.6. The predicted molar refractivity (Wildman–Crippen MR) is 93.3 cm³/mol. The van der Waals surface area contributed by atoms with Crippen LogP contribution >= 0.6 is 0 Å². The second kappa shape index (κ2) is 9.67. The van der Waals surface area contributed by atoms with E-state index in [1.165, 1.54) is 7.05 Å². The maximum absolute atomic E-state index is 12.1. The third-order valence-electron chi connectivity index (χ3n) is 3.93. The molecule has 0 radical (unpaired) electrons. The molecule has 6 heteroatoms. The van der Waals surface area contributed by atoms with Gasteiger partial charge in [0.25, 0.3) is 0 Å². The Morgan fingerprint density at radius 2 is 1.74 bits per heavy atom. The van der Waals surface area contributed by atoms with Crippen LogP contribution < -0.4 is 10.0 Å². The van der Waals surface area contributed by atoms with Gasteiger partial charge in [-0.05, 0) is 31.0 Å². The van der Waals surface area contributed by atoms with Gasteiger partial charge in [0.15, 0.2) is 0 Å². The largest absolute Gasteiger partial charge is 0.352 e. The summed E-state index contributed by atoms with van der Waals surface area (Å²) in [5.74, 6) is 0.142. The van der Waals surface area contributed by atoms with Gasteiger partial charge in [0.2, 0.25) is 15.9 Å². The monoisotopic (exact) mass is 340 g/mol. The number of rotatable bonds is 10. The number of unbranched alkanes of at least 4 members (excludes halogenated alkanes) is 1. The third-order valence-corrected chi connectivity index (χ3v) is 5.26. The average Bonchev–Trinajstić information content (AvgIpc) is 2.54. The zero-order chi connectivity index (χ0) is 17.3. The summed E-state index contributed by atoms with van der Waals surface area (Å²) in [6.45, 7) is 4.64. The first-order chi connectivity index (χ1) is 10.9. The van der Waals surface area contributed by atoms with Crippen molar-refractivity contribution in [1.29, 1.82) is 0 Å². The van der Waals surface area contributed by atoms with Gasteiger partial charge in [0.05, 0.1) is 5.75 Å². The first-order valence-corrected chi connectivity index (χ1v) is 9.83. The van der Waals surface area contributed by atoms with Crippen molar-refractivity contribution in [3.8, 4) is 0 Å². The Hall–Kier alpha value is -1.40. The summed E-state index contributed by atoms with van der Waals surface area (Å²) < 4.78 is 25.3. The van der Waals surface area contributed by atoms with Gasteiger partial charge in [-0.2, -0.15) is 0 Å². The Bertz CT molecular complexity index is 582. The van der Waals surface area contributed by atoms with E-state index in [4.69, 9.17) is 0 Å². The van der Waals surface area contributed by atoms with Crippen LogP contribution in [0.2, 0.25) is 0 Å². The molecule has 0 fully saturated rings. The molecule has 2 N–H and O–H groups in total. The van der Waals surface area contributed by atoms with Crippen molar-refractivity contribution in [3.63, 3.8) is 0 Å². The summed E-state index contributed by atoms with van der Waals surface area (Å²) >= 11 is 0. The van der Waals surface area contributed by atoms with E-state index in [-0.39, 0.29) is 17.6 Å². The van der Waals surface area contributed by atoms with E-state index >= 15 is 0 Å². The predicted octanol–water partition coefficient (Wildman–Crippen LogP) is 2.57. The summed E-state index contributed by atoms with van der Waals surface area (Å²) in [7, 11) is -1.85. The minimum absolute atomic E-state index is 0.0366. The number of hydrogen-bond donors (Lipinski definition) is 2. The molecule has 1 unspecified atom stereocenters. The fourth-order valence-electron chi connectivity index (χ4n) is 2.35. The van der Waals surface area contributed by atoms with Crippen molar-refractivity contribution in [2.75, 3.05) is 7.05 Å². The van der Waals surface area contributed by atoms with E-state index in [9.17, 15) is 13.2 Å². The zero-order valence-electron chi connectivity index (χ0n) is 14.3. The smallest absolute Gasteiger partial charge is 0.223 e. The Morgan fingerprint density at radius 3 is 2.26 bits per heavy atom. The van der Waals surface area contributed by atoms with Crippen LogP contribution in [0.15, 0.2) is 24.3 Å². The second-order valence-electron chi connectivity index (χ2n) is 5.74. The van der Waals surface area contributed by atoms with Crippen molar-refractivity contribution in [2.24, 2.45) is 5.92 Å². The van der Waals surface area contributed by atoms with Gasteiger partial charge >= 0.3 is 0 Å². The molecule has 0 spiro atoms. The number of nitrogens with one attached hydrogen (secondary N) is 2. The number of carbonyl (C=O) groups excluding carboxylic acids is 1. The lowest BCUT2D eigenvalue weighted by Crippen LogP contribution is -2.30. The molecule has 0 saturated heterocycles. The highest BCUT2D eigenvalue weighted by Gasteiger charge is 2.15. The fourth-order valence-corrected chi connectivity index (χ4v) is 3.13. The molecular formula is C17H28N2O3S. The van der Waals surface area contributed by atoms with E-state index in [1.807, 2.05) is 19.1 Å². The minimum Gasteiger partial charge on any atom is -0.352 e. The molecule has 0 aromatic heterocycles. The lowest BCUT2D eigenvalue weighted by molar-refractivity contribution is -0.125. The van der Waals surface area contributed by atoms with Gasteiger partial charge in [0.1, 0.15) is 0 Å². The van der Waals surface area contributed by atoms with Gasteiger partial charge in [0, 0.05) is 12.5 Å². The Balaban J connectivity index is 2.53. The van der Waals surface area contributed by atoms with Crippen LogP contribution in [-0.4, -0.2) is 21.4 Å². The number of sulfonamides is 1. The molecule has 0 aliphatic heterocycles. The van der Waals surface area contributed by atoms with Crippen LogP contribution in [0.5, 0.6) is 0 Å². The number of carbonyl (C=O) groups is 1. The molecule has 1 aromatic carbocycles. The summed E-state index contributed by atoms with van der Waals surface area (Å²) in [5.41, 5.74) is 1.69. The quantitative estimate of drug-likeness (QED) is 0.687. The van der Waals surface area contributed by atoms with Crippen molar-refractivity contribution < 1.29 is 13.2 Å². The van der Waals surface area contributed by atoms with Gasteiger partial charge in [-0.3, -0.25) is 4.79 Å².